The van der Waals surface area contributed by atoms with E-state index < -0.39 is 0 Å². The summed E-state index contributed by atoms with van der Waals surface area (Å²) in [6.45, 7) is 7.14. The molecule has 2 unspecified atom stereocenters. The molecule has 1 aromatic rings. The average molecular weight is 267 g/mol. The Bertz CT molecular complexity index is 395. The molecule has 0 bridgehead atoms. The molecule has 1 N–H and O–H groups in total. The van der Waals surface area contributed by atoms with Gasteiger partial charge in [-0.05, 0) is 26.7 Å². The molecular weight excluding hydrogens is 246 g/mol. The molecule has 1 saturated carbocycles. The van der Waals surface area contributed by atoms with E-state index >= 15 is 0 Å². The van der Waals surface area contributed by atoms with Gasteiger partial charge in [-0.15, -0.1) is 11.3 Å². The van der Waals surface area contributed by atoms with Crippen LogP contribution in [0.3, 0.4) is 0 Å². The van der Waals surface area contributed by atoms with Crippen LogP contribution in [0.25, 0.3) is 0 Å². The van der Waals surface area contributed by atoms with E-state index in [2.05, 4.69) is 29.0 Å². The van der Waals surface area contributed by atoms with Gasteiger partial charge in [0.1, 0.15) is 0 Å². The highest BCUT2D eigenvalue weighted by Gasteiger charge is 2.24. The highest BCUT2D eigenvalue weighted by atomic mass is 32.1. The molecule has 0 radical (unpaired) electrons. The fourth-order valence-corrected chi connectivity index (χ4v) is 3.27. The lowest BCUT2D eigenvalue weighted by molar-refractivity contribution is -0.00522. The predicted octanol–water partition coefficient (Wildman–Crippen LogP) is 2.01. The molecule has 2 atom stereocenters. The maximum absolute atomic E-state index is 5.75. The van der Waals surface area contributed by atoms with Gasteiger partial charge in [0.15, 0.2) is 5.13 Å². The zero-order chi connectivity index (χ0) is 12.5. The van der Waals surface area contributed by atoms with Crippen molar-refractivity contribution in [3.8, 4) is 0 Å². The highest BCUT2D eigenvalue weighted by molar-refractivity contribution is 7.15. The van der Waals surface area contributed by atoms with E-state index in [0.29, 0.717) is 12.2 Å². The first-order chi connectivity index (χ1) is 8.70. The average Bonchev–Trinajstić information content (AvgIpc) is 3.02. The van der Waals surface area contributed by atoms with Crippen molar-refractivity contribution in [3.63, 3.8) is 0 Å². The number of thiazole rings is 1. The monoisotopic (exact) mass is 267 g/mol. The van der Waals surface area contributed by atoms with Crippen LogP contribution in [0.2, 0.25) is 0 Å². The van der Waals surface area contributed by atoms with Crippen molar-refractivity contribution in [3.05, 3.63) is 11.1 Å². The number of morpholine rings is 1. The van der Waals surface area contributed by atoms with E-state index in [9.17, 15) is 0 Å². The lowest BCUT2D eigenvalue weighted by atomic mass is 10.2. The number of rotatable bonds is 4. The summed E-state index contributed by atoms with van der Waals surface area (Å²) in [7, 11) is 0. The number of nitrogens with one attached hydrogen (secondary N) is 1. The topological polar surface area (TPSA) is 37.4 Å². The second kappa shape index (κ2) is 5.15. The Morgan fingerprint density at radius 3 is 2.78 bits per heavy atom. The van der Waals surface area contributed by atoms with Crippen LogP contribution < -0.4 is 10.2 Å². The normalized spacial score (nSPS) is 28.7. The van der Waals surface area contributed by atoms with Crippen LogP contribution in [0.1, 0.15) is 31.6 Å². The minimum Gasteiger partial charge on any atom is -0.372 e. The van der Waals surface area contributed by atoms with Crippen molar-refractivity contribution in [1.82, 2.24) is 10.3 Å². The van der Waals surface area contributed by atoms with Crippen molar-refractivity contribution in [2.45, 2.75) is 51.5 Å². The molecule has 100 valence electrons. The molecule has 3 rings (SSSR count). The first-order valence-electron chi connectivity index (χ1n) is 6.79. The van der Waals surface area contributed by atoms with Gasteiger partial charge in [-0.25, -0.2) is 4.98 Å². The lowest BCUT2D eigenvalue weighted by Gasteiger charge is -2.35. The van der Waals surface area contributed by atoms with Crippen LogP contribution in [0, 0.1) is 0 Å². The zero-order valence-corrected chi connectivity index (χ0v) is 11.9. The summed E-state index contributed by atoms with van der Waals surface area (Å²) >= 11 is 1.81. The van der Waals surface area contributed by atoms with Crippen LogP contribution in [0.15, 0.2) is 6.20 Å². The highest BCUT2D eigenvalue weighted by Crippen LogP contribution is 2.26. The second-order valence-electron chi connectivity index (χ2n) is 5.43. The summed E-state index contributed by atoms with van der Waals surface area (Å²) in [5.41, 5.74) is 0. The van der Waals surface area contributed by atoms with Gasteiger partial charge < -0.3 is 15.0 Å². The Morgan fingerprint density at radius 1 is 1.39 bits per heavy atom. The first kappa shape index (κ1) is 12.4. The molecule has 1 aromatic heterocycles. The van der Waals surface area contributed by atoms with Crippen molar-refractivity contribution < 1.29 is 4.74 Å². The number of nitrogens with zero attached hydrogens (tertiary/aromatic N) is 2. The SMILES string of the molecule is CC1CN(c2ncc(CNC3CC3)s2)CC(C)O1. The van der Waals surface area contributed by atoms with E-state index in [0.717, 1.165) is 30.8 Å². The van der Waals surface area contributed by atoms with Crippen LogP contribution in [0.5, 0.6) is 0 Å². The quantitative estimate of drug-likeness (QED) is 0.905. The molecule has 1 saturated heterocycles. The summed E-state index contributed by atoms with van der Waals surface area (Å²) in [5.74, 6) is 0. The van der Waals surface area contributed by atoms with Gasteiger partial charge in [-0.3, -0.25) is 0 Å². The molecule has 0 spiro atoms. The van der Waals surface area contributed by atoms with Crippen molar-refractivity contribution in [2.24, 2.45) is 0 Å². The van der Waals surface area contributed by atoms with Crippen molar-refractivity contribution >= 4 is 16.5 Å². The number of hydrogen-bond acceptors (Lipinski definition) is 5. The third-order valence-electron chi connectivity index (χ3n) is 3.37. The Balaban J connectivity index is 1.60. The Morgan fingerprint density at radius 2 is 2.11 bits per heavy atom. The molecule has 2 fully saturated rings. The van der Waals surface area contributed by atoms with E-state index in [1.165, 1.54) is 17.7 Å². The van der Waals surface area contributed by atoms with Gasteiger partial charge in [0.25, 0.3) is 0 Å². The maximum atomic E-state index is 5.75. The van der Waals surface area contributed by atoms with Gasteiger partial charge in [-0.1, -0.05) is 0 Å². The largest absolute Gasteiger partial charge is 0.372 e. The minimum atomic E-state index is 0.297. The Kier molecular flexibility index (Phi) is 3.54. The number of aromatic nitrogens is 1. The summed E-state index contributed by atoms with van der Waals surface area (Å²) in [6, 6.07) is 0.763. The Hall–Kier alpha value is -0.650. The third-order valence-corrected chi connectivity index (χ3v) is 4.43. The number of hydrogen-bond donors (Lipinski definition) is 1. The predicted molar refractivity (Wildman–Crippen MR) is 74.2 cm³/mol. The van der Waals surface area contributed by atoms with Crippen molar-refractivity contribution in [1.29, 1.82) is 0 Å². The lowest BCUT2D eigenvalue weighted by Crippen LogP contribution is -2.45. The molecule has 4 nitrogen and oxygen atoms in total. The van der Waals surface area contributed by atoms with E-state index in [1.807, 2.05) is 17.5 Å². The molecule has 2 heterocycles. The Labute approximate surface area is 112 Å². The second-order valence-corrected chi connectivity index (χ2v) is 6.52. The zero-order valence-electron chi connectivity index (χ0n) is 11.1. The summed E-state index contributed by atoms with van der Waals surface area (Å²) in [4.78, 5) is 8.24. The van der Waals surface area contributed by atoms with Gasteiger partial charge in [0, 0.05) is 36.8 Å². The van der Waals surface area contributed by atoms with Gasteiger partial charge >= 0.3 is 0 Å². The summed E-state index contributed by atoms with van der Waals surface area (Å²) in [5, 5.41) is 4.68. The third kappa shape index (κ3) is 3.02. The number of anilines is 1. The summed E-state index contributed by atoms with van der Waals surface area (Å²) in [6.07, 6.45) is 5.28. The first-order valence-corrected chi connectivity index (χ1v) is 7.61. The molecule has 0 amide bonds. The van der Waals surface area contributed by atoms with Crippen LogP contribution in [-0.4, -0.2) is 36.3 Å². The van der Waals surface area contributed by atoms with Gasteiger partial charge in [-0.2, -0.15) is 0 Å². The molecule has 18 heavy (non-hydrogen) atoms. The van der Waals surface area contributed by atoms with Crippen molar-refractivity contribution in [2.75, 3.05) is 18.0 Å². The maximum Gasteiger partial charge on any atom is 0.185 e. The molecular formula is C13H21N3OS. The van der Waals surface area contributed by atoms with E-state index in [4.69, 9.17) is 4.74 Å². The standard InChI is InChI=1S/C13H21N3OS/c1-9-7-16(8-10(2)17-9)13-15-6-12(18-13)5-14-11-3-4-11/h6,9-11,14H,3-5,7-8H2,1-2H3. The van der Waals surface area contributed by atoms with Gasteiger partial charge in [0.2, 0.25) is 0 Å². The molecule has 0 aromatic carbocycles. The van der Waals surface area contributed by atoms with Crippen LogP contribution in [-0.2, 0) is 11.3 Å². The van der Waals surface area contributed by atoms with Crippen LogP contribution >= 0.6 is 11.3 Å². The smallest absolute Gasteiger partial charge is 0.185 e. The molecule has 1 aliphatic heterocycles. The molecule has 1 aliphatic carbocycles. The number of ether oxygens (including phenoxy) is 1. The molecule has 2 aliphatic rings. The fraction of sp³-hybridized carbons (Fsp3) is 0.769. The minimum absolute atomic E-state index is 0.297. The summed E-state index contributed by atoms with van der Waals surface area (Å²) < 4.78 is 5.75. The van der Waals surface area contributed by atoms with E-state index in [1.54, 1.807) is 0 Å². The fourth-order valence-electron chi connectivity index (χ4n) is 2.39. The molecule has 5 heteroatoms. The van der Waals surface area contributed by atoms with E-state index in [-0.39, 0.29) is 0 Å². The van der Waals surface area contributed by atoms with Gasteiger partial charge in [0.05, 0.1) is 12.2 Å². The van der Waals surface area contributed by atoms with Crippen LogP contribution in [0.4, 0.5) is 5.13 Å².